The normalized spacial score (nSPS) is 20.8. The third kappa shape index (κ3) is 2.39. The number of amides is 1. The zero-order valence-corrected chi connectivity index (χ0v) is 11.8. The molecule has 0 saturated carbocycles. The zero-order valence-electron chi connectivity index (χ0n) is 11.8. The minimum absolute atomic E-state index is 0.239. The van der Waals surface area contributed by atoms with Crippen molar-refractivity contribution >= 4 is 5.91 Å². The summed E-state index contributed by atoms with van der Waals surface area (Å²) < 4.78 is 0. The Morgan fingerprint density at radius 2 is 2.00 bits per heavy atom. The van der Waals surface area contributed by atoms with E-state index in [1.807, 2.05) is 18.7 Å². The summed E-state index contributed by atoms with van der Waals surface area (Å²) in [4.78, 5) is 16.7. The first-order valence-electron chi connectivity index (χ1n) is 7.17. The second-order valence-corrected chi connectivity index (χ2v) is 5.78. The molecule has 2 fully saturated rings. The molecule has 1 amide bonds. The molecule has 2 aliphatic heterocycles. The highest BCUT2D eigenvalue weighted by molar-refractivity contribution is 5.80. The summed E-state index contributed by atoms with van der Waals surface area (Å²) in [6, 6.07) is 0.609. The molecule has 3 rings (SSSR count). The Morgan fingerprint density at radius 3 is 2.58 bits per heavy atom. The molecule has 19 heavy (non-hydrogen) atoms. The van der Waals surface area contributed by atoms with Gasteiger partial charge in [-0.3, -0.25) is 14.8 Å². The average molecular weight is 262 g/mol. The van der Waals surface area contributed by atoms with Crippen LogP contribution in [0.2, 0.25) is 0 Å². The highest BCUT2D eigenvalue weighted by atomic mass is 16.2. The largest absolute Gasteiger partial charge is 0.339 e. The molecule has 3 heterocycles. The molecule has 5 heteroatoms. The standard InChI is InChI=1S/C14H22N4O/c1-10-13(11(2)16-15-10)7-14(19)18-8-12(9-18)17-5-3-4-6-17/h12H,3-9H2,1-2H3,(H,15,16). The van der Waals surface area contributed by atoms with Crippen LogP contribution in [0.1, 0.15) is 29.8 Å². The van der Waals surface area contributed by atoms with Crippen LogP contribution >= 0.6 is 0 Å². The molecule has 0 aromatic carbocycles. The molecule has 0 unspecified atom stereocenters. The van der Waals surface area contributed by atoms with Crippen molar-refractivity contribution < 1.29 is 4.79 Å². The van der Waals surface area contributed by atoms with E-state index in [1.165, 1.54) is 25.9 Å². The Morgan fingerprint density at radius 1 is 1.32 bits per heavy atom. The summed E-state index contributed by atoms with van der Waals surface area (Å²) >= 11 is 0. The number of aromatic nitrogens is 2. The summed E-state index contributed by atoms with van der Waals surface area (Å²) in [5, 5.41) is 7.09. The van der Waals surface area contributed by atoms with Crippen LogP contribution in [-0.2, 0) is 11.2 Å². The number of hydrogen-bond donors (Lipinski definition) is 1. The van der Waals surface area contributed by atoms with Crippen LogP contribution in [0, 0.1) is 13.8 Å². The predicted molar refractivity (Wildman–Crippen MR) is 72.9 cm³/mol. The summed E-state index contributed by atoms with van der Waals surface area (Å²) in [5.41, 5.74) is 3.03. The highest BCUT2D eigenvalue weighted by Crippen LogP contribution is 2.21. The maximum absolute atomic E-state index is 12.2. The quantitative estimate of drug-likeness (QED) is 0.879. The van der Waals surface area contributed by atoms with E-state index in [-0.39, 0.29) is 5.91 Å². The van der Waals surface area contributed by atoms with Crippen LogP contribution in [0.5, 0.6) is 0 Å². The number of carbonyl (C=O) groups excluding carboxylic acids is 1. The lowest BCUT2D eigenvalue weighted by molar-refractivity contribution is -0.137. The maximum atomic E-state index is 12.2. The lowest BCUT2D eigenvalue weighted by Gasteiger charge is -2.44. The Kier molecular flexibility index (Phi) is 3.31. The number of carbonyl (C=O) groups is 1. The molecule has 2 saturated heterocycles. The molecule has 1 aromatic heterocycles. The topological polar surface area (TPSA) is 52.2 Å². The van der Waals surface area contributed by atoms with Crippen LogP contribution in [0.25, 0.3) is 0 Å². The third-order valence-electron chi connectivity index (χ3n) is 4.48. The summed E-state index contributed by atoms with van der Waals surface area (Å²) in [7, 11) is 0. The molecule has 0 spiro atoms. The van der Waals surface area contributed by atoms with E-state index in [0.29, 0.717) is 12.5 Å². The van der Waals surface area contributed by atoms with Crippen LogP contribution in [0.4, 0.5) is 0 Å². The Labute approximate surface area is 114 Å². The number of aromatic amines is 1. The van der Waals surface area contributed by atoms with Crippen molar-refractivity contribution in [3.05, 3.63) is 17.0 Å². The summed E-state index contributed by atoms with van der Waals surface area (Å²) in [5.74, 6) is 0.239. The smallest absolute Gasteiger partial charge is 0.227 e. The molecule has 2 aliphatic rings. The molecule has 0 bridgehead atoms. The average Bonchev–Trinajstić information content (AvgIpc) is 2.93. The lowest BCUT2D eigenvalue weighted by atomic mass is 10.0. The van der Waals surface area contributed by atoms with Gasteiger partial charge >= 0.3 is 0 Å². The molecule has 5 nitrogen and oxygen atoms in total. The number of rotatable bonds is 3. The van der Waals surface area contributed by atoms with E-state index >= 15 is 0 Å². The molecule has 1 aromatic rings. The SMILES string of the molecule is Cc1n[nH]c(C)c1CC(=O)N1CC(N2CCCC2)C1. The van der Waals surface area contributed by atoms with Gasteiger partial charge < -0.3 is 4.90 Å². The number of aryl methyl sites for hydroxylation is 2. The van der Waals surface area contributed by atoms with E-state index in [1.54, 1.807) is 0 Å². The fraction of sp³-hybridized carbons (Fsp3) is 0.714. The fourth-order valence-corrected chi connectivity index (χ4v) is 3.09. The van der Waals surface area contributed by atoms with Gasteiger partial charge in [0, 0.05) is 30.4 Å². The van der Waals surface area contributed by atoms with Crippen molar-refractivity contribution in [1.29, 1.82) is 0 Å². The number of nitrogens with zero attached hydrogens (tertiary/aromatic N) is 3. The molecule has 0 aliphatic carbocycles. The van der Waals surface area contributed by atoms with Gasteiger partial charge in [0.25, 0.3) is 0 Å². The Hall–Kier alpha value is -1.36. The zero-order chi connectivity index (χ0) is 13.4. The van der Waals surface area contributed by atoms with Crippen LogP contribution in [0.15, 0.2) is 0 Å². The summed E-state index contributed by atoms with van der Waals surface area (Å²) in [6.45, 7) is 8.18. The number of H-pyrrole nitrogens is 1. The molecular weight excluding hydrogens is 240 g/mol. The van der Waals surface area contributed by atoms with Gasteiger partial charge in [0.1, 0.15) is 0 Å². The van der Waals surface area contributed by atoms with E-state index in [0.717, 1.165) is 30.0 Å². The number of likely N-dealkylation sites (tertiary alicyclic amines) is 2. The Balaban J connectivity index is 1.53. The van der Waals surface area contributed by atoms with Crippen molar-refractivity contribution in [2.45, 2.75) is 39.2 Å². The van der Waals surface area contributed by atoms with E-state index in [4.69, 9.17) is 0 Å². The van der Waals surface area contributed by atoms with Gasteiger partial charge in [-0.05, 0) is 39.8 Å². The first kappa shape index (κ1) is 12.7. The van der Waals surface area contributed by atoms with Crippen LogP contribution in [0.3, 0.4) is 0 Å². The van der Waals surface area contributed by atoms with Crippen molar-refractivity contribution in [3.8, 4) is 0 Å². The first-order chi connectivity index (χ1) is 9.15. The Bertz CT molecular complexity index is 450. The van der Waals surface area contributed by atoms with Crippen molar-refractivity contribution in [1.82, 2.24) is 20.0 Å². The number of hydrogen-bond acceptors (Lipinski definition) is 3. The van der Waals surface area contributed by atoms with Gasteiger partial charge in [-0.15, -0.1) is 0 Å². The lowest BCUT2D eigenvalue weighted by Crippen LogP contribution is -2.60. The highest BCUT2D eigenvalue weighted by Gasteiger charge is 2.35. The first-order valence-corrected chi connectivity index (χ1v) is 7.17. The predicted octanol–water partition coefficient (Wildman–Crippen LogP) is 0.876. The molecular formula is C14H22N4O. The molecule has 0 atom stereocenters. The molecule has 0 radical (unpaired) electrons. The second kappa shape index (κ2) is 4.96. The fourth-order valence-electron chi connectivity index (χ4n) is 3.09. The van der Waals surface area contributed by atoms with Gasteiger partial charge in [0.15, 0.2) is 0 Å². The summed E-state index contributed by atoms with van der Waals surface area (Å²) in [6.07, 6.45) is 3.12. The van der Waals surface area contributed by atoms with Crippen molar-refractivity contribution in [2.24, 2.45) is 0 Å². The molecule has 1 N–H and O–H groups in total. The van der Waals surface area contributed by atoms with Gasteiger partial charge in [-0.25, -0.2) is 0 Å². The number of nitrogens with one attached hydrogen (secondary N) is 1. The van der Waals surface area contributed by atoms with Gasteiger partial charge in [0.05, 0.1) is 12.1 Å². The van der Waals surface area contributed by atoms with E-state index < -0.39 is 0 Å². The van der Waals surface area contributed by atoms with E-state index in [2.05, 4.69) is 15.1 Å². The van der Waals surface area contributed by atoms with Crippen LogP contribution < -0.4 is 0 Å². The maximum Gasteiger partial charge on any atom is 0.227 e. The van der Waals surface area contributed by atoms with Gasteiger partial charge in [0.2, 0.25) is 5.91 Å². The minimum Gasteiger partial charge on any atom is -0.339 e. The third-order valence-corrected chi connectivity index (χ3v) is 4.48. The van der Waals surface area contributed by atoms with Crippen LogP contribution in [-0.4, -0.2) is 58.1 Å². The minimum atomic E-state index is 0.239. The van der Waals surface area contributed by atoms with Gasteiger partial charge in [-0.2, -0.15) is 5.10 Å². The van der Waals surface area contributed by atoms with Gasteiger partial charge in [-0.1, -0.05) is 0 Å². The molecule has 104 valence electrons. The van der Waals surface area contributed by atoms with Crippen molar-refractivity contribution in [3.63, 3.8) is 0 Å². The second-order valence-electron chi connectivity index (χ2n) is 5.78. The monoisotopic (exact) mass is 262 g/mol. The van der Waals surface area contributed by atoms with Crippen molar-refractivity contribution in [2.75, 3.05) is 26.2 Å². The van der Waals surface area contributed by atoms with E-state index in [9.17, 15) is 4.79 Å².